The predicted octanol–water partition coefficient (Wildman–Crippen LogP) is 0.966. The number of hydrogen-bond donors (Lipinski definition) is 4. The lowest BCUT2D eigenvalue weighted by Crippen LogP contribution is -2.54. The van der Waals surface area contributed by atoms with E-state index in [1.807, 2.05) is 60.7 Å². The quantitative estimate of drug-likeness (QED) is 0.459. The maximum absolute atomic E-state index is 12.6. The molecular weight excluding hydrogens is 356 g/mol. The van der Waals surface area contributed by atoms with Crippen molar-refractivity contribution in [2.45, 2.75) is 31.3 Å². The highest BCUT2D eigenvalue weighted by Gasteiger charge is 2.24. The van der Waals surface area contributed by atoms with Crippen LogP contribution in [0.4, 0.5) is 0 Å². The zero-order chi connectivity index (χ0) is 20.4. The third kappa shape index (κ3) is 6.68. The molecule has 2 atom stereocenters. The number of rotatable bonds is 10. The van der Waals surface area contributed by atoms with E-state index in [1.54, 1.807) is 0 Å². The van der Waals surface area contributed by atoms with Crippen LogP contribution >= 0.6 is 0 Å². The Balaban J connectivity index is 2.04. The Kier molecular flexibility index (Phi) is 7.90. The molecule has 0 saturated heterocycles. The summed E-state index contributed by atoms with van der Waals surface area (Å²) in [7, 11) is 0. The fourth-order valence-corrected chi connectivity index (χ4v) is 2.68. The summed E-state index contributed by atoms with van der Waals surface area (Å²) in [6.45, 7) is 0. The van der Waals surface area contributed by atoms with E-state index < -0.39 is 23.9 Å². The minimum absolute atomic E-state index is 0.229. The lowest BCUT2D eigenvalue weighted by Gasteiger charge is -2.20. The van der Waals surface area contributed by atoms with Crippen LogP contribution in [0.2, 0.25) is 0 Å². The average molecular weight is 380 g/mol. The Bertz CT molecular complexity index is 809. The molecule has 7 nitrogen and oxygen atoms in total. The van der Waals surface area contributed by atoms with Gasteiger partial charge in [-0.25, -0.2) is 0 Å². The summed E-state index contributed by atoms with van der Waals surface area (Å²) in [5, 5.41) is 12.3. The molecule has 0 spiro atoms. The number of carbonyl (C=O) groups excluding carboxylic acids is 3. The molecule has 0 aromatic heterocycles. The minimum Gasteiger partial charge on any atom is -0.368 e. The van der Waals surface area contributed by atoms with Crippen molar-refractivity contribution < 1.29 is 14.4 Å². The fraction of sp³-hybridized carbons (Fsp3) is 0.238. The van der Waals surface area contributed by atoms with Crippen molar-refractivity contribution in [3.8, 4) is 0 Å². The van der Waals surface area contributed by atoms with Crippen LogP contribution in [0.15, 0.2) is 60.7 Å². The minimum atomic E-state index is -1.22. The van der Waals surface area contributed by atoms with Crippen LogP contribution in [0.1, 0.15) is 17.5 Å². The van der Waals surface area contributed by atoms with Crippen molar-refractivity contribution in [3.05, 3.63) is 71.8 Å². The number of carbonyl (C=O) groups is 3. The SMILES string of the molecule is N=CC(NC(=O)C(Cc1ccccc1)NC(=O)CCc1ccccc1)C(N)=O. The number of nitrogens with one attached hydrogen (secondary N) is 3. The van der Waals surface area contributed by atoms with Crippen LogP contribution in [0.3, 0.4) is 0 Å². The molecule has 3 amide bonds. The van der Waals surface area contributed by atoms with Crippen molar-refractivity contribution in [2.75, 3.05) is 0 Å². The van der Waals surface area contributed by atoms with E-state index in [9.17, 15) is 14.4 Å². The van der Waals surface area contributed by atoms with E-state index in [0.717, 1.165) is 17.3 Å². The Morgan fingerprint density at radius 3 is 2.04 bits per heavy atom. The van der Waals surface area contributed by atoms with Crippen molar-refractivity contribution in [2.24, 2.45) is 5.73 Å². The van der Waals surface area contributed by atoms with Gasteiger partial charge in [0, 0.05) is 19.1 Å². The van der Waals surface area contributed by atoms with Gasteiger partial charge >= 0.3 is 0 Å². The molecule has 2 aromatic rings. The first kappa shape index (κ1) is 20.8. The van der Waals surface area contributed by atoms with Gasteiger partial charge in [0.1, 0.15) is 12.1 Å². The van der Waals surface area contributed by atoms with Gasteiger partial charge < -0.3 is 21.8 Å². The van der Waals surface area contributed by atoms with Gasteiger partial charge in [0.2, 0.25) is 17.7 Å². The van der Waals surface area contributed by atoms with E-state index in [-0.39, 0.29) is 18.7 Å². The Labute approximate surface area is 163 Å². The molecule has 2 unspecified atom stereocenters. The monoisotopic (exact) mass is 380 g/mol. The van der Waals surface area contributed by atoms with Gasteiger partial charge in [0.15, 0.2) is 0 Å². The number of nitrogens with two attached hydrogens (primary N) is 1. The fourth-order valence-electron chi connectivity index (χ4n) is 2.68. The van der Waals surface area contributed by atoms with Crippen LogP contribution in [0.5, 0.6) is 0 Å². The molecule has 0 aliphatic carbocycles. The maximum Gasteiger partial charge on any atom is 0.245 e. The first-order valence-corrected chi connectivity index (χ1v) is 8.97. The Morgan fingerprint density at radius 1 is 0.929 bits per heavy atom. The van der Waals surface area contributed by atoms with Gasteiger partial charge in [-0.15, -0.1) is 0 Å². The van der Waals surface area contributed by atoms with Crippen molar-refractivity contribution in [1.29, 1.82) is 5.41 Å². The number of benzene rings is 2. The van der Waals surface area contributed by atoms with Crippen LogP contribution in [-0.2, 0) is 27.2 Å². The summed E-state index contributed by atoms with van der Waals surface area (Å²) >= 11 is 0. The van der Waals surface area contributed by atoms with Crippen LogP contribution in [0.25, 0.3) is 0 Å². The molecule has 7 heteroatoms. The van der Waals surface area contributed by atoms with Crippen LogP contribution in [0, 0.1) is 5.41 Å². The second kappa shape index (κ2) is 10.6. The summed E-state index contributed by atoms with van der Waals surface area (Å²) in [4.78, 5) is 36.3. The molecule has 0 radical (unpaired) electrons. The molecular formula is C21H24N4O3. The van der Waals surface area contributed by atoms with Crippen molar-refractivity contribution in [1.82, 2.24) is 10.6 Å². The van der Waals surface area contributed by atoms with Crippen LogP contribution in [-0.4, -0.2) is 36.0 Å². The first-order chi connectivity index (χ1) is 13.5. The normalized spacial score (nSPS) is 12.4. The van der Waals surface area contributed by atoms with E-state index in [1.165, 1.54) is 0 Å². The third-order valence-corrected chi connectivity index (χ3v) is 4.19. The van der Waals surface area contributed by atoms with E-state index in [4.69, 9.17) is 11.1 Å². The van der Waals surface area contributed by atoms with E-state index in [2.05, 4.69) is 10.6 Å². The van der Waals surface area contributed by atoms with Gasteiger partial charge in [0.25, 0.3) is 0 Å². The average Bonchev–Trinajstić information content (AvgIpc) is 2.71. The predicted molar refractivity (Wildman–Crippen MR) is 107 cm³/mol. The van der Waals surface area contributed by atoms with Gasteiger partial charge in [-0.05, 0) is 17.5 Å². The molecule has 0 aliphatic heterocycles. The van der Waals surface area contributed by atoms with Gasteiger partial charge in [-0.2, -0.15) is 0 Å². The zero-order valence-corrected chi connectivity index (χ0v) is 15.4. The smallest absolute Gasteiger partial charge is 0.245 e. The molecule has 2 rings (SSSR count). The summed E-state index contributed by atoms with van der Waals surface area (Å²) in [5.74, 6) is -1.67. The van der Waals surface area contributed by atoms with Crippen molar-refractivity contribution >= 4 is 23.9 Å². The topological polar surface area (TPSA) is 125 Å². The summed E-state index contributed by atoms with van der Waals surface area (Å²) in [6, 6.07) is 16.7. The summed E-state index contributed by atoms with van der Waals surface area (Å²) in [5.41, 5.74) is 7.05. The van der Waals surface area contributed by atoms with Crippen molar-refractivity contribution in [3.63, 3.8) is 0 Å². The van der Waals surface area contributed by atoms with Gasteiger partial charge in [-0.3, -0.25) is 14.4 Å². The molecule has 0 aliphatic rings. The largest absolute Gasteiger partial charge is 0.368 e. The van der Waals surface area contributed by atoms with Gasteiger partial charge in [0.05, 0.1) is 0 Å². The maximum atomic E-state index is 12.6. The molecule has 5 N–H and O–H groups in total. The van der Waals surface area contributed by atoms with E-state index in [0.29, 0.717) is 6.42 Å². The third-order valence-electron chi connectivity index (χ3n) is 4.19. The summed E-state index contributed by atoms with van der Waals surface area (Å²) < 4.78 is 0. The number of primary amides is 1. The zero-order valence-electron chi connectivity index (χ0n) is 15.4. The number of hydrogen-bond acceptors (Lipinski definition) is 4. The highest BCUT2D eigenvalue weighted by Crippen LogP contribution is 2.06. The van der Waals surface area contributed by atoms with Crippen LogP contribution < -0.4 is 16.4 Å². The molecule has 0 bridgehead atoms. The molecule has 0 saturated carbocycles. The second-order valence-corrected chi connectivity index (χ2v) is 6.35. The molecule has 2 aromatic carbocycles. The second-order valence-electron chi connectivity index (χ2n) is 6.35. The number of amides is 3. The lowest BCUT2D eigenvalue weighted by molar-refractivity contribution is -0.130. The lowest BCUT2D eigenvalue weighted by atomic mass is 10.0. The Morgan fingerprint density at radius 2 is 1.50 bits per heavy atom. The summed E-state index contributed by atoms with van der Waals surface area (Å²) in [6.07, 6.45) is 1.80. The first-order valence-electron chi connectivity index (χ1n) is 8.97. The Hall–Kier alpha value is -3.48. The van der Waals surface area contributed by atoms with Gasteiger partial charge in [-0.1, -0.05) is 60.7 Å². The highest BCUT2D eigenvalue weighted by molar-refractivity contribution is 6.00. The van der Waals surface area contributed by atoms with E-state index >= 15 is 0 Å². The molecule has 0 heterocycles. The number of aryl methyl sites for hydroxylation is 1. The molecule has 0 fully saturated rings. The molecule has 28 heavy (non-hydrogen) atoms. The highest BCUT2D eigenvalue weighted by atomic mass is 16.2. The standard InChI is InChI=1S/C21H24N4O3/c22-14-18(20(23)27)25-21(28)17(13-16-9-5-2-6-10-16)24-19(26)12-11-15-7-3-1-4-8-15/h1-10,14,17-18,22H,11-13H2,(H2,23,27)(H,24,26)(H,25,28). The molecule has 146 valence electrons.